The molecule has 84 valence electrons. The average molecular weight is 219 g/mol. The van der Waals surface area contributed by atoms with E-state index < -0.39 is 0 Å². The summed E-state index contributed by atoms with van der Waals surface area (Å²) in [6.07, 6.45) is 6.63. The molecule has 0 aliphatic rings. The summed E-state index contributed by atoms with van der Waals surface area (Å²) in [4.78, 5) is 22.7. The van der Waals surface area contributed by atoms with Gasteiger partial charge in [-0.1, -0.05) is 0 Å². The number of aromatic nitrogens is 4. The van der Waals surface area contributed by atoms with Crippen molar-refractivity contribution in [1.82, 2.24) is 24.8 Å². The minimum atomic E-state index is -0.204. The third-order valence-electron chi connectivity index (χ3n) is 2.21. The minimum Gasteiger partial charge on any atom is -0.347 e. The minimum absolute atomic E-state index is 0.162. The van der Waals surface area contributed by atoms with Crippen LogP contribution in [0.25, 0.3) is 0 Å². The summed E-state index contributed by atoms with van der Waals surface area (Å²) >= 11 is 0. The molecule has 0 aliphatic heterocycles. The molecule has 6 heteroatoms. The van der Waals surface area contributed by atoms with Crippen LogP contribution in [0.1, 0.15) is 29.3 Å². The number of aromatic amines is 1. The average Bonchev–Trinajstić information content (AvgIpc) is 2.87. The van der Waals surface area contributed by atoms with Crippen molar-refractivity contribution in [3.8, 4) is 0 Å². The van der Waals surface area contributed by atoms with Crippen LogP contribution in [0.5, 0.6) is 0 Å². The molecule has 2 N–H and O–H groups in total. The standard InChI is InChI=1S/C10H13N5O/c1-7(9-11-3-4-12-9)14-10(16)8-5-15(2)6-13-8/h3-7H,1-2H3,(H,11,12)(H,14,16). The molecule has 1 atom stereocenters. The first-order valence-electron chi connectivity index (χ1n) is 4.95. The molecule has 0 aliphatic carbocycles. The third-order valence-corrected chi connectivity index (χ3v) is 2.21. The largest absolute Gasteiger partial charge is 0.347 e. The van der Waals surface area contributed by atoms with Gasteiger partial charge in [-0.3, -0.25) is 4.79 Å². The van der Waals surface area contributed by atoms with Crippen molar-refractivity contribution in [3.63, 3.8) is 0 Å². The van der Waals surface area contributed by atoms with Crippen LogP contribution < -0.4 is 5.32 Å². The molecule has 0 radical (unpaired) electrons. The van der Waals surface area contributed by atoms with E-state index in [9.17, 15) is 4.79 Å². The summed E-state index contributed by atoms with van der Waals surface area (Å²) in [5, 5.41) is 2.80. The summed E-state index contributed by atoms with van der Waals surface area (Å²) in [6, 6.07) is -0.162. The number of hydrogen-bond donors (Lipinski definition) is 2. The summed E-state index contributed by atoms with van der Waals surface area (Å²) in [7, 11) is 1.82. The second-order valence-electron chi connectivity index (χ2n) is 3.59. The molecule has 0 saturated carbocycles. The highest BCUT2D eigenvalue weighted by Crippen LogP contribution is 2.06. The highest BCUT2D eigenvalue weighted by atomic mass is 16.2. The highest BCUT2D eigenvalue weighted by Gasteiger charge is 2.14. The Morgan fingerprint density at radius 3 is 2.94 bits per heavy atom. The van der Waals surface area contributed by atoms with Gasteiger partial charge in [-0.2, -0.15) is 0 Å². The smallest absolute Gasteiger partial charge is 0.272 e. The van der Waals surface area contributed by atoms with Crippen LogP contribution >= 0.6 is 0 Å². The van der Waals surface area contributed by atoms with Gasteiger partial charge in [0.15, 0.2) is 0 Å². The van der Waals surface area contributed by atoms with E-state index >= 15 is 0 Å². The summed E-state index contributed by atoms with van der Waals surface area (Å²) in [6.45, 7) is 1.86. The fourth-order valence-electron chi connectivity index (χ4n) is 1.38. The van der Waals surface area contributed by atoms with E-state index in [2.05, 4.69) is 20.3 Å². The quantitative estimate of drug-likeness (QED) is 0.795. The third kappa shape index (κ3) is 2.10. The normalized spacial score (nSPS) is 12.4. The first-order chi connectivity index (χ1) is 7.66. The van der Waals surface area contributed by atoms with Crippen LogP contribution in [0.15, 0.2) is 24.9 Å². The van der Waals surface area contributed by atoms with Gasteiger partial charge in [0.05, 0.1) is 12.4 Å². The molecule has 0 spiro atoms. The number of carbonyl (C=O) groups excluding carboxylic acids is 1. The topological polar surface area (TPSA) is 75.6 Å². The fraction of sp³-hybridized carbons (Fsp3) is 0.300. The Morgan fingerprint density at radius 2 is 2.38 bits per heavy atom. The predicted molar refractivity (Wildman–Crippen MR) is 57.7 cm³/mol. The van der Waals surface area contributed by atoms with Crippen molar-refractivity contribution >= 4 is 5.91 Å². The van der Waals surface area contributed by atoms with Gasteiger partial charge in [0.1, 0.15) is 11.5 Å². The van der Waals surface area contributed by atoms with Gasteiger partial charge >= 0.3 is 0 Å². The van der Waals surface area contributed by atoms with E-state index in [-0.39, 0.29) is 11.9 Å². The van der Waals surface area contributed by atoms with Gasteiger partial charge in [0.2, 0.25) is 0 Å². The highest BCUT2D eigenvalue weighted by molar-refractivity contribution is 5.92. The maximum atomic E-state index is 11.7. The molecule has 0 fully saturated rings. The SMILES string of the molecule is CC(NC(=O)c1cn(C)cn1)c1ncc[nH]1. The molecule has 2 rings (SSSR count). The van der Waals surface area contributed by atoms with Crippen molar-refractivity contribution in [2.24, 2.45) is 7.05 Å². The van der Waals surface area contributed by atoms with E-state index in [1.165, 1.54) is 0 Å². The molecule has 2 aromatic rings. The van der Waals surface area contributed by atoms with Crippen molar-refractivity contribution < 1.29 is 4.79 Å². The lowest BCUT2D eigenvalue weighted by Gasteiger charge is -2.09. The van der Waals surface area contributed by atoms with Crippen LogP contribution in [-0.4, -0.2) is 25.4 Å². The van der Waals surface area contributed by atoms with E-state index in [0.717, 1.165) is 5.82 Å². The first kappa shape index (κ1) is 10.4. The monoisotopic (exact) mass is 219 g/mol. The van der Waals surface area contributed by atoms with Crippen LogP contribution in [0.3, 0.4) is 0 Å². The van der Waals surface area contributed by atoms with Gasteiger partial charge in [-0.05, 0) is 6.92 Å². The van der Waals surface area contributed by atoms with Gasteiger partial charge in [-0.25, -0.2) is 9.97 Å². The van der Waals surface area contributed by atoms with Crippen LogP contribution in [0, 0.1) is 0 Å². The predicted octanol–water partition coefficient (Wildman–Crippen LogP) is 0.634. The van der Waals surface area contributed by atoms with E-state index in [1.54, 1.807) is 29.5 Å². The molecule has 0 bridgehead atoms. The zero-order valence-electron chi connectivity index (χ0n) is 9.14. The van der Waals surface area contributed by atoms with Gasteiger partial charge < -0.3 is 14.9 Å². The van der Waals surface area contributed by atoms with Gasteiger partial charge in [0, 0.05) is 25.6 Å². The molecule has 0 saturated heterocycles. The summed E-state index contributed by atoms with van der Waals surface area (Å²) < 4.78 is 1.73. The summed E-state index contributed by atoms with van der Waals surface area (Å²) in [5.74, 6) is 0.522. The number of imidazole rings is 2. The molecular weight excluding hydrogens is 206 g/mol. The summed E-state index contributed by atoms with van der Waals surface area (Å²) in [5.41, 5.74) is 0.404. The van der Waals surface area contributed by atoms with Crippen molar-refractivity contribution in [1.29, 1.82) is 0 Å². The maximum Gasteiger partial charge on any atom is 0.272 e. The molecule has 0 aromatic carbocycles. The molecule has 2 heterocycles. The number of aryl methyl sites for hydroxylation is 1. The van der Waals surface area contributed by atoms with Gasteiger partial charge in [-0.15, -0.1) is 0 Å². The lowest BCUT2D eigenvalue weighted by molar-refractivity contribution is 0.0934. The van der Waals surface area contributed by atoms with E-state index in [4.69, 9.17) is 0 Å². The molecule has 6 nitrogen and oxygen atoms in total. The second-order valence-corrected chi connectivity index (χ2v) is 3.59. The van der Waals surface area contributed by atoms with Crippen LogP contribution in [0.4, 0.5) is 0 Å². The second kappa shape index (κ2) is 4.18. The number of nitrogens with zero attached hydrogens (tertiary/aromatic N) is 3. The van der Waals surface area contributed by atoms with Crippen LogP contribution in [-0.2, 0) is 7.05 Å². The Morgan fingerprint density at radius 1 is 1.56 bits per heavy atom. The van der Waals surface area contributed by atoms with Crippen molar-refractivity contribution in [3.05, 3.63) is 36.4 Å². The maximum absolute atomic E-state index is 11.7. The Labute approximate surface area is 92.7 Å². The van der Waals surface area contributed by atoms with E-state index in [0.29, 0.717) is 5.69 Å². The lowest BCUT2D eigenvalue weighted by Crippen LogP contribution is -2.27. The van der Waals surface area contributed by atoms with Gasteiger partial charge in [0.25, 0.3) is 5.91 Å². The van der Waals surface area contributed by atoms with Crippen molar-refractivity contribution in [2.45, 2.75) is 13.0 Å². The number of hydrogen-bond acceptors (Lipinski definition) is 3. The molecule has 16 heavy (non-hydrogen) atoms. The Balaban J connectivity index is 2.03. The van der Waals surface area contributed by atoms with Crippen LogP contribution in [0.2, 0.25) is 0 Å². The first-order valence-corrected chi connectivity index (χ1v) is 4.95. The molecule has 1 amide bonds. The molecule has 1 unspecified atom stereocenters. The Kier molecular flexibility index (Phi) is 2.72. The number of carbonyl (C=O) groups is 1. The number of nitrogens with one attached hydrogen (secondary N) is 2. The zero-order chi connectivity index (χ0) is 11.5. The molecule has 2 aromatic heterocycles. The van der Waals surface area contributed by atoms with E-state index in [1.807, 2.05) is 14.0 Å². The number of H-pyrrole nitrogens is 1. The number of amides is 1. The van der Waals surface area contributed by atoms with Crippen molar-refractivity contribution in [2.75, 3.05) is 0 Å². The number of rotatable bonds is 3. The molecular formula is C10H13N5O. The Hall–Kier alpha value is -2.11. The Bertz CT molecular complexity index is 473. The zero-order valence-corrected chi connectivity index (χ0v) is 9.14. The lowest BCUT2D eigenvalue weighted by atomic mass is 10.3. The fourth-order valence-corrected chi connectivity index (χ4v) is 1.38.